The smallest absolute Gasteiger partial charge is 0.246 e. The van der Waals surface area contributed by atoms with E-state index in [0.717, 1.165) is 26.5 Å². The molecule has 6 rings (SSSR count). The number of hydrogen-bond acceptors (Lipinski definition) is 21. The molecular formula is C85H128N22O18S. The van der Waals surface area contributed by atoms with Crippen molar-refractivity contribution in [2.24, 2.45) is 28.1 Å². The largest absolute Gasteiger partial charge is 0.394 e. The number of thioether (sulfide) groups is 1. The van der Waals surface area contributed by atoms with E-state index in [1.807, 2.05) is 20.8 Å². The number of likely N-dealkylation sites (N-methyl/N-ethyl adjacent to an activating group) is 4. The summed E-state index contributed by atoms with van der Waals surface area (Å²) >= 11 is 0.802. The summed E-state index contributed by atoms with van der Waals surface area (Å²) in [6, 6.07) is -3.55. The van der Waals surface area contributed by atoms with Crippen molar-refractivity contribution >= 4 is 135 Å². The lowest BCUT2D eigenvalue weighted by Crippen LogP contribution is -2.61. The zero-order valence-electron chi connectivity index (χ0n) is 73.6. The summed E-state index contributed by atoms with van der Waals surface area (Å²) in [5.41, 5.74) is 19.1. The van der Waals surface area contributed by atoms with Crippen LogP contribution >= 0.6 is 11.8 Å². The molecule has 0 saturated carbocycles. The number of para-hydroxylation sites is 1. The summed E-state index contributed by atoms with van der Waals surface area (Å²) in [4.78, 5) is 259. The van der Waals surface area contributed by atoms with Crippen LogP contribution in [0.15, 0.2) is 77.6 Å². The molecule has 692 valence electrons. The lowest BCUT2D eigenvalue weighted by molar-refractivity contribution is -0.149. The number of nitrogens with one attached hydrogen (secondary N) is 13. The quantitative estimate of drug-likeness (QED) is 0.0225. The van der Waals surface area contributed by atoms with Crippen molar-refractivity contribution in [2.75, 3.05) is 72.5 Å². The molecule has 3 aromatic rings. The van der Waals surface area contributed by atoms with Gasteiger partial charge in [-0.1, -0.05) is 122 Å². The van der Waals surface area contributed by atoms with Crippen molar-refractivity contribution in [2.45, 2.75) is 242 Å². The Bertz CT molecular complexity index is 4390. The number of hydrogen-bond donors (Lipinski definition) is 17. The Balaban J connectivity index is 1.42. The number of benzene rings is 2. The van der Waals surface area contributed by atoms with Crippen LogP contribution in [0, 0.1) is 11.3 Å². The van der Waals surface area contributed by atoms with Crippen LogP contribution in [0.1, 0.15) is 162 Å². The van der Waals surface area contributed by atoms with E-state index in [1.54, 1.807) is 80.9 Å². The summed E-state index contributed by atoms with van der Waals surface area (Å²) in [5, 5.41) is 48.5. The third-order valence-corrected chi connectivity index (χ3v) is 23.1. The van der Waals surface area contributed by atoms with Gasteiger partial charge in [-0.15, -0.1) is 11.8 Å². The number of fused-ring (bicyclic) bond motifs is 2. The number of guanidine groups is 1. The molecule has 2 fully saturated rings. The molecule has 40 nitrogen and oxygen atoms in total. The second-order valence-electron chi connectivity index (χ2n) is 32.5. The van der Waals surface area contributed by atoms with Crippen LogP contribution < -0.4 is 75.7 Å². The first-order valence-corrected chi connectivity index (χ1v) is 44.0. The minimum atomic E-state index is -1.78. The second kappa shape index (κ2) is 51.4. The van der Waals surface area contributed by atoms with E-state index < -0.39 is 223 Å². The summed E-state index contributed by atoms with van der Waals surface area (Å²) < 4.78 is 0. The summed E-state index contributed by atoms with van der Waals surface area (Å²) in [6.07, 6.45) is 6.58. The Morgan fingerprint density at radius 2 is 1.14 bits per heavy atom. The van der Waals surface area contributed by atoms with Gasteiger partial charge in [-0.3, -0.25) is 91.9 Å². The number of aromatic nitrogens is 1. The van der Waals surface area contributed by atoms with E-state index >= 15 is 14.4 Å². The first-order valence-electron chi connectivity index (χ1n) is 42.9. The predicted octanol–water partition coefficient (Wildman–Crippen LogP) is -1.89. The number of amides is 17. The number of aliphatic imine (C=N–C) groups is 1. The van der Waals surface area contributed by atoms with Gasteiger partial charge in [0.1, 0.15) is 78.5 Å². The average Bonchev–Trinajstić information content (AvgIpc) is 1.61. The fourth-order valence-corrected chi connectivity index (χ4v) is 15.8. The highest BCUT2D eigenvalue weighted by Gasteiger charge is 2.44. The summed E-state index contributed by atoms with van der Waals surface area (Å²) in [5.74, 6) is -16.6. The van der Waals surface area contributed by atoms with Crippen LogP contribution in [0.3, 0.4) is 0 Å². The fraction of sp³-hybridized carbons (Fsp3) is 0.588. The number of unbranched alkanes of at least 4 members (excludes halogenated alkanes) is 3. The number of carbonyl (C=O) groups is 17. The maximum atomic E-state index is 15.3. The number of aromatic amines is 1. The van der Waals surface area contributed by atoms with Crippen LogP contribution in [0.2, 0.25) is 0 Å². The molecular weight excluding hydrogens is 1650 g/mol. The van der Waals surface area contributed by atoms with E-state index in [4.69, 9.17) is 22.6 Å². The maximum absolute atomic E-state index is 15.3. The molecule has 0 radical (unpaired) electrons. The molecule has 4 heterocycles. The van der Waals surface area contributed by atoms with Gasteiger partial charge in [-0.2, -0.15) is 0 Å². The van der Waals surface area contributed by atoms with Crippen molar-refractivity contribution < 1.29 is 86.6 Å². The van der Waals surface area contributed by atoms with E-state index in [1.165, 1.54) is 51.1 Å². The van der Waals surface area contributed by atoms with Crippen LogP contribution in [0.25, 0.3) is 10.9 Å². The molecule has 3 aliphatic heterocycles. The highest BCUT2D eigenvalue weighted by atomic mass is 32.2. The highest BCUT2D eigenvalue weighted by molar-refractivity contribution is 8.00. The number of primary amides is 2. The molecule has 126 heavy (non-hydrogen) atoms. The van der Waals surface area contributed by atoms with E-state index in [9.17, 15) is 72.2 Å². The molecule has 13 atom stereocenters. The predicted molar refractivity (Wildman–Crippen MR) is 471 cm³/mol. The molecule has 1 aromatic heterocycles. The average molecular weight is 1780 g/mol. The van der Waals surface area contributed by atoms with Crippen LogP contribution in [0.4, 0.5) is 0 Å². The molecule has 0 unspecified atom stereocenters. The molecule has 0 aliphatic carbocycles. The van der Waals surface area contributed by atoms with Gasteiger partial charge in [0.25, 0.3) is 0 Å². The van der Waals surface area contributed by atoms with Crippen molar-refractivity contribution in [1.82, 2.24) is 88.0 Å². The minimum absolute atomic E-state index is 0.00108. The fourth-order valence-electron chi connectivity index (χ4n) is 14.9. The van der Waals surface area contributed by atoms with E-state index in [2.05, 4.69) is 68.5 Å². The van der Waals surface area contributed by atoms with E-state index in [-0.39, 0.29) is 96.1 Å². The zero-order chi connectivity index (χ0) is 93.0. The van der Waals surface area contributed by atoms with E-state index in [0.29, 0.717) is 66.1 Å². The number of carbonyl (C=O) groups excluding carboxylic acids is 17. The van der Waals surface area contributed by atoms with Crippen molar-refractivity contribution in [1.29, 1.82) is 5.41 Å². The lowest BCUT2D eigenvalue weighted by atomic mass is 10.00. The molecule has 3 aliphatic rings. The number of nitrogens with zero attached hydrogens (tertiary/aromatic N) is 6. The molecule has 20 N–H and O–H groups in total. The molecule has 0 bridgehead atoms. The van der Waals surface area contributed by atoms with Crippen LogP contribution in [-0.2, 0) is 94.3 Å². The van der Waals surface area contributed by atoms with Gasteiger partial charge < -0.3 is 110 Å². The minimum Gasteiger partial charge on any atom is -0.394 e. The second-order valence-corrected chi connectivity index (χ2v) is 33.5. The zero-order valence-corrected chi connectivity index (χ0v) is 74.4. The third-order valence-electron chi connectivity index (χ3n) is 22.1. The van der Waals surface area contributed by atoms with Gasteiger partial charge in [0.05, 0.1) is 31.9 Å². The van der Waals surface area contributed by atoms with Crippen molar-refractivity contribution in [3.05, 3.63) is 83.7 Å². The Morgan fingerprint density at radius 3 is 1.78 bits per heavy atom. The number of rotatable bonds is 27. The monoisotopic (exact) mass is 1780 g/mol. The SMILES string of the molecule is CCCC[C@@H]1NC(=O)[C@H](CO)NC(=O)[C@H](Cc2c[nH]c3ccccc23)NC(=O)CN(C)C(=O)[C@H](CC(C)C)NC(=O)[C@H](CC2=CN=CC2)NC(=O)[C@@H]2CCCN2C(=O)[C@H](CC(N)=O)NC(=O)[C@H](C)N(C)C(=O)[C@H](Cc2ccccc2)NC(=O)CSC[C@@H](C(=O)NCC(N)=O)NC(=O)[C@H](CCCNC(=N)N)NC(=O)[C@H](CCCC)N(C)C(=O)[C@H](CCCC)N(C)C1=O. The number of aliphatic hydroxyl groups is 1. The maximum Gasteiger partial charge on any atom is 0.246 e. The topological polar surface area (TPSA) is 589 Å². The Morgan fingerprint density at radius 1 is 0.571 bits per heavy atom. The van der Waals surface area contributed by atoms with Crippen molar-refractivity contribution in [3.8, 4) is 0 Å². The number of H-pyrrole nitrogens is 1. The van der Waals surface area contributed by atoms with Crippen molar-refractivity contribution in [3.63, 3.8) is 0 Å². The van der Waals surface area contributed by atoms with Gasteiger partial charge in [0.15, 0.2) is 5.96 Å². The molecule has 2 aromatic carbocycles. The summed E-state index contributed by atoms with van der Waals surface area (Å²) in [7, 11) is 5.29. The van der Waals surface area contributed by atoms with Gasteiger partial charge in [0.2, 0.25) is 100 Å². The number of aliphatic hydroxyl groups excluding tert-OH is 1. The van der Waals surface area contributed by atoms with Crippen LogP contribution in [-0.4, -0.2) is 298 Å². The molecule has 0 spiro atoms. The molecule has 41 heteroatoms. The normalized spacial score (nSPS) is 24.5. The third kappa shape index (κ3) is 31.6. The molecule has 17 amide bonds. The molecule has 2 saturated heterocycles. The number of nitrogens with two attached hydrogens (primary N) is 3. The van der Waals surface area contributed by atoms with Gasteiger partial charge in [0, 0.05) is 95.8 Å². The van der Waals surface area contributed by atoms with Gasteiger partial charge in [-0.25, -0.2) is 0 Å². The Hall–Kier alpha value is -12.0. The first kappa shape index (κ1) is 103. The highest BCUT2D eigenvalue weighted by Crippen LogP contribution is 2.25. The van der Waals surface area contributed by atoms with Gasteiger partial charge >= 0.3 is 0 Å². The van der Waals surface area contributed by atoms with Gasteiger partial charge in [-0.05, 0) is 93.4 Å². The summed E-state index contributed by atoms with van der Waals surface area (Å²) in [6.45, 7) is 7.92. The lowest BCUT2D eigenvalue weighted by Gasteiger charge is -2.36. The Kier molecular flexibility index (Phi) is 41.9. The Labute approximate surface area is 738 Å². The standard InChI is InChI=1S/C85H128N22O18S/c1-11-14-27-57-81(122)106(10)67(31-16-13-3)84(125)105(9)65(30-15-12-2)78(119)96-56(29-22-34-91-85(88)89)74(115)102-64(73(114)93-44-69(87)110)47-126-48-71(112)95-61(38-51-24-18-17-19-25-51)82(123)104(8)50(6)72(113)99-62(41-68(86)109)83(124)107-36-23-32-66(107)79(120)98-58(39-52-33-35-90-42-52)75(116)100-60(37-49(4)5)80(121)103(7)45-70(111)94-59(76(117)101-63(46-108)77(118)97-57)40-53-43-92-55-28-21-20-26-54(53)55/h17-21,24-26,28,35,42-43,49-50,56-67,92,108H,11-16,22-23,27,29-34,36-41,44-48H2,1-10H3,(H2,86,109)(H2,87,110)(H,93,114)(H,94,111)(H,95,112)(H,96,119)(H,97,118)(H,98,120)(H,99,113)(H,100,116)(H,101,117)(H,102,115)(H4,88,89,91)/t50-,56-,57-,58-,59-,60-,61-,62-,63-,64-,65-,66-,67-/m0/s1. The first-order chi connectivity index (χ1) is 59.9. The van der Waals surface area contributed by atoms with Crippen LogP contribution in [0.5, 0.6) is 0 Å².